The summed E-state index contributed by atoms with van der Waals surface area (Å²) in [4.78, 5) is 12.1. The molecule has 0 unspecified atom stereocenters. The number of para-hydroxylation sites is 1. The monoisotopic (exact) mass is 271 g/mol. The fourth-order valence-corrected chi connectivity index (χ4v) is 2.96. The second-order valence-corrected chi connectivity index (χ2v) is 5.59. The van der Waals surface area contributed by atoms with E-state index in [1.807, 2.05) is 24.5 Å². The summed E-state index contributed by atoms with van der Waals surface area (Å²) in [5.41, 5.74) is 2.31. The first-order chi connectivity index (χ1) is 9.75. The molecule has 3 rings (SSSR count). The molecule has 0 radical (unpaired) electrons. The molecule has 1 aromatic carbocycles. The molecule has 0 saturated carbocycles. The number of nitrogens with one attached hydrogen (secondary N) is 1. The summed E-state index contributed by atoms with van der Waals surface area (Å²) in [5.74, 6) is 0.719. The van der Waals surface area contributed by atoms with E-state index in [1.54, 1.807) is 16.2 Å². The van der Waals surface area contributed by atoms with E-state index < -0.39 is 0 Å². The molecule has 0 bridgehead atoms. The summed E-state index contributed by atoms with van der Waals surface area (Å²) in [6.07, 6.45) is 7.16. The molecule has 1 aliphatic heterocycles. The molecule has 2 aromatic rings. The maximum absolute atomic E-state index is 12.1. The summed E-state index contributed by atoms with van der Waals surface area (Å²) in [5, 5.41) is 3.40. The van der Waals surface area contributed by atoms with E-state index >= 15 is 0 Å². The van der Waals surface area contributed by atoms with Gasteiger partial charge in [-0.15, -0.1) is 0 Å². The third-order valence-corrected chi connectivity index (χ3v) is 4.17. The quantitative estimate of drug-likeness (QED) is 0.923. The van der Waals surface area contributed by atoms with Crippen molar-refractivity contribution in [3.05, 3.63) is 52.7 Å². The van der Waals surface area contributed by atoms with Crippen molar-refractivity contribution < 1.29 is 0 Å². The van der Waals surface area contributed by atoms with Crippen LogP contribution in [0.1, 0.15) is 18.4 Å². The smallest absolute Gasteiger partial charge is 0.317 e. The second-order valence-electron chi connectivity index (χ2n) is 5.59. The first-order valence-corrected chi connectivity index (χ1v) is 7.28. The number of hydrogen-bond donors (Lipinski definition) is 1. The number of imidazole rings is 1. The van der Waals surface area contributed by atoms with E-state index in [1.165, 1.54) is 18.4 Å². The van der Waals surface area contributed by atoms with Crippen molar-refractivity contribution in [3.8, 4) is 5.69 Å². The van der Waals surface area contributed by atoms with E-state index in [9.17, 15) is 4.79 Å². The molecule has 1 aliphatic rings. The Morgan fingerprint density at radius 2 is 1.95 bits per heavy atom. The highest BCUT2D eigenvalue weighted by Crippen LogP contribution is 2.22. The molecule has 4 heteroatoms. The number of hydrogen-bond acceptors (Lipinski definition) is 2. The van der Waals surface area contributed by atoms with Gasteiger partial charge in [0.2, 0.25) is 0 Å². The lowest BCUT2D eigenvalue weighted by molar-refractivity contribution is 0.372. The van der Waals surface area contributed by atoms with Gasteiger partial charge in [0.25, 0.3) is 0 Å². The molecule has 106 valence electrons. The van der Waals surface area contributed by atoms with Crippen LogP contribution in [0.2, 0.25) is 0 Å². The minimum atomic E-state index is 0.0164. The molecular formula is C16H21N3O. The summed E-state index contributed by atoms with van der Waals surface area (Å²) in [6, 6.07) is 8.25. The Morgan fingerprint density at radius 3 is 2.65 bits per heavy atom. The Hall–Kier alpha value is -1.81. The van der Waals surface area contributed by atoms with E-state index in [4.69, 9.17) is 0 Å². The normalized spacial score (nSPS) is 16.4. The summed E-state index contributed by atoms with van der Waals surface area (Å²) in [7, 11) is 1.79. The molecular weight excluding hydrogens is 250 g/mol. The van der Waals surface area contributed by atoms with Crippen LogP contribution in [0.4, 0.5) is 0 Å². The molecule has 0 amide bonds. The maximum Gasteiger partial charge on any atom is 0.332 e. The molecule has 4 nitrogen and oxygen atoms in total. The van der Waals surface area contributed by atoms with Crippen molar-refractivity contribution >= 4 is 0 Å². The molecule has 0 spiro atoms. The third kappa shape index (κ3) is 2.56. The zero-order valence-corrected chi connectivity index (χ0v) is 11.9. The lowest BCUT2D eigenvalue weighted by Gasteiger charge is -2.23. The molecule has 0 aliphatic carbocycles. The minimum absolute atomic E-state index is 0.0164. The summed E-state index contributed by atoms with van der Waals surface area (Å²) < 4.78 is 3.36. The van der Waals surface area contributed by atoms with E-state index in [0.29, 0.717) is 0 Å². The first-order valence-electron chi connectivity index (χ1n) is 7.28. The van der Waals surface area contributed by atoms with Gasteiger partial charge in [0.1, 0.15) is 0 Å². The third-order valence-electron chi connectivity index (χ3n) is 4.17. The van der Waals surface area contributed by atoms with Crippen LogP contribution >= 0.6 is 0 Å². The SMILES string of the molecule is Cn1ccn(-c2ccccc2CC2CCNCC2)c1=O. The lowest BCUT2D eigenvalue weighted by atomic mass is 9.90. The topological polar surface area (TPSA) is 39.0 Å². The van der Waals surface area contributed by atoms with E-state index in [-0.39, 0.29) is 5.69 Å². The predicted molar refractivity (Wildman–Crippen MR) is 80.3 cm³/mol. The van der Waals surface area contributed by atoms with Crippen molar-refractivity contribution in [3.63, 3.8) is 0 Å². The van der Waals surface area contributed by atoms with Crippen molar-refractivity contribution in [1.29, 1.82) is 0 Å². The summed E-state index contributed by atoms with van der Waals surface area (Å²) in [6.45, 7) is 2.22. The standard InChI is InChI=1S/C16H21N3O/c1-18-10-11-19(16(18)20)15-5-3-2-4-14(15)12-13-6-8-17-9-7-13/h2-5,10-11,13,17H,6-9,12H2,1H3. The predicted octanol–water partition coefficient (Wildman–Crippen LogP) is 1.72. The van der Waals surface area contributed by atoms with Crippen LogP contribution in [0, 0.1) is 5.92 Å². The molecule has 20 heavy (non-hydrogen) atoms. The second kappa shape index (κ2) is 5.67. The Balaban J connectivity index is 1.92. The maximum atomic E-state index is 12.1. The average Bonchev–Trinajstić information content (AvgIpc) is 2.81. The van der Waals surface area contributed by atoms with Gasteiger partial charge in [-0.1, -0.05) is 18.2 Å². The highest BCUT2D eigenvalue weighted by atomic mass is 16.1. The van der Waals surface area contributed by atoms with Gasteiger partial charge >= 0.3 is 5.69 Å². The van der Waals surface area contributed by atoms with Gasteiger partial charge in [0.15, 0.2) is 0 Å². The van der Waals surface area contributed by atoms with Crippen molar-refractivity contribution in [2.24, 2.45) is 13.0 Å². The van der Waals surface area contributed by atoms with Gasteiger partial charge < -0.3 is 9.88 Å². The van der Waals surface area contributed by atoms with E-state index in [0.717, 1.165) is 31.1 Å². The average molecular weight is 271 g/mol. The highest BCUT2D eigenvalue weighted by Gasteiger charge is 2.16. The lowest BCUT2D eigenvalue weighted by Crippen LogP contribution is -2.29. The van der Waals surface area contributed by atoms with Gasteiger partial charge in [0.05, 0.1) is 5.69 Å². The van der Waals surface area contributed by atoms with Gasteiger partial charge in [-0.25, -0.2) is 4.79 Å². The fraction of sp³-hybridized carbons (Fsp3) is 0.438. The molecule has 1 fully saturated rings. The minimum Gasteiger partial charge on any atom is -0.317 e. The van der Waals surface area contributed by atoms with E-state index in [2.05, 4.69) is 17.4 Å². The van der Waals surface area contributed by atoms with Crippen molar-refractivity contribution in [1.82, 2.24) is 14.5 Å². The highest BCUT2D eigenvalue weighted by molar-refractivity contribution is 5.41. The van der Waals surface area contributed by atoms with Gasteiger partial charge in [-0.05, 0) is 49.9 Å². The van der Waals surface area contributed by atoms with Crippen LogP contribution in [0.5, 0.6) is 0 Å². The van der Waals surface area contributed by atoms with Gasteiger partial charge in [0, 0.05) is 19.4 Å². The molecule has 0 atom stereocenters. The largest absolute Gasteiger partial charge is 0.332 e. The van der Waals surface area contributed by atoms with Crippen LogP contribution in [0.15, 0.2) is 41.5 Å². The fourth-order valence-electron chi connectivity index (χ4n) is 2.96. The molecule has 2 heterocycles. The van der Waals surface area contributed by atoms with Gasteiger partial charge in [-0.3, -0.25) is 4.57 Å². The van der Waals surface area contributed by atoms with Crippen molar-refractivity contribution in [2.45, 2.75) is 19.3 Å². The number of rotatable bonds is 3. The number of nitrogens with zero attached hydrogens (tertiary/aromatic N) is 2. The Bertz CT molecular complexity index is 635. The summed E-state index contributed by atoms with van der Waals surface area (Å²) >= 11 is 0. The first kappa shape index (κ1) is 13.2. The zero-order chi connectivity index (χ0) is 13.9. The Morgan fingerprint density at radius 1 is 1.20 bits per heavy atom. The molecule has 1 N–H and O–H groups in total. The van der Waals surface area contributed by atoms with Crippen LogP contribution in [-0.2, 0) is 13.5 Å². The number of aryl methyl sites for hydroxylation is 1. The molecule has 1 saturated heterocycles. The van der Waals surface area contributed by atoms with Crippen LogP contribution in [0.3, 0.4) is 0 Å². The van der Waals surface area contributed by atoms with Crippen molar-refractivity contribution in [2.75, 3.05) is 13.1 Å². The molecule has 1 aromatic heterocycles. The Labute approximate surface area is 119 Å². The zero-order valence-electron chi connectivity index (χ0n) is 11.9. The van der Waals surface area contributed by atoms with Crippen LogP contribution in [0.25, 0.3) is 5.69 Å². The number of aromatic nitrogens is 2. The van der Waals surface area contributed by atoms with Gasteiger partial charge in [-0.2, -0.15) is 0 Å². The van der Waals surface area contributed by atoms with Crippen LogP contribution in [-0.4, -0.2) is 22.2 Å². The van der Waals surface area contributed by atoms with Crippen LogP contribution < -0.4 is 11.0 Å². The number of benzene rings is 1. The Kier molecular flexibility index (Phi) is 3.74. The number of piperidine rings is 1.